The lowest BCUT2D eigenvalue weighted by molar-refractivity contribution is -0.139. The number of carbonyl (C=O) groups excluding carboxylic acids is 2. The summed E-state index contributed by atoms with van der Waals surface area (Å²) in [6, 6.07) is 13.5. The first-order chi connectivity index (χ1) is 15.9. The molecule has 7 nitrogen and oxygen atoms in total. The van der Waals surface area contributed by atoms with Crippen LogP contribution in [0.2, 0.25) is 0 Å². The summed E-state index contributed by atoms with van der Waals surface area (Å²) in [4.78, 5) is 29.7. The fraction of sp³-hybridized carbons (Fsp3) is 0.385. The number of aliphatic hydroxyl groups is 1. The number of amides is 1. The zero-order valence-corrected chi connectivity index (χ0v) is 19.7. The lowest BCUT2D eigenvalue weighted by atomic mass is 9.95. The average Bonchev–Trinajstić information content (AvgIpc) is 3.07. The van der Waals surface area contributed by atoms with E-state index in [2.05, 4.69) is 0 Å². The van der Waals surface area contributed by atoms with Gasteiger partial charge in [-0.15, -0.1) is 0 Å². The Morgan fingerprint density at radius 2 is 1.82 bits per heavy atom. The van der Waals surface area contributed by atoms with Crippen LogP contribution in [0.15, 0.2) is 54.1 Å². The molecular weight excluding hydrogens is 420 g/mol. The molecule has 7 heteroatoms. The normalized spacial score (nSPS) is 17.6. The van der Waals surface area contributed by atoms with Crippen LogP contribution in [0, 0.1) is 0 Å². The summed E-state index contributed by atoms with van der Waals surface area (Å²) < 4.78 is 10.9. The first-order valence-electron chi connectivity index (χ1n) is 11.2. The second-order valence-electron chi connectivity index (χ2n) is 8.30. The quantitative estimate of drug-likeness (QED) is 0.335. The zero-order valence-electron chi connectivity index (χ0n) is 19.7. The molecule has 2 aromatic rings. The Hall–Kier alpha value is -3.32. The van der Waals surface area contributed by atoms with E-state index in [1.807, 2.05) is 50.2 Å². The van der Waals surface area contributed by atoms with Gasteiger partial charge in [0.25, 0.3) is 11.7 Å². The van der Waals surface area contributed by atoms with Crippen molar-refractivity contribution in [2.24, 2.45) is 0 Å². The number of nitrogens with zero attached hydrogens (tertiary/aromatic N) is 2. The fourth-order valence-electron chi connectivity index (χ4n) is 3.91. The van der Waals surface area contributed by atoms with Crippen LogP contribution in [0.1, 0.15) is 36.9 Å². The summed E-state index contributed by atoms with van der Waals surface area (Å²) in [7, 11) is 5.46. The van der Waals surface area contributed by atoms with Gasteiger partial charge < -0.3 is 24.4 Å². The average molecular weight is 453 g/mol. The molecule has 176 valence electrons. The lowest BCUT2D eigenvalue weighted by Gasteiger charge is -2.26. The van der Waals surface area contributed by atoms with Crippen molar-refractivity contribution in [2.45, 2.75) is 25.8 Å². The largest absolute Gasteiger partial charge is 0.507 e. The minimum atomic E-state index is -0.684. The monoisotopic (exact) mass is 452 g/mol. The van der Waals surface area contributed by atoms with Crippen LogP contribution < -0.4 is 9.47 Å². The number of rotatable bonds is 10. The summed E-state index contributed by atoms with van der Waals surface area (Å²) in [5, 5.41) is 11.2. The van der Waals surface area contributed by atoms with Crippen molar-refractivity contribution < 1.29 is 24.2 Å². The number of Topliss-reactive ketones (excluding diaryl/α,β-unsaturated/α-hetero) is 1. The molecule has 1 aliphatic heterocycles. The van der Waals surface area contributed by atoms with Gasteiger partial charge in [-0.3, -0.25) is 9.59 Å². The van der Waals surface area contributed by atoms with Gasteiger partial charge in [0.05, 0.1) is 25.3 Å². The summed E-state index contributed by atoms with van der Waals surface area (Å²) in [6.07, 6.45) is 1.60. The molecule has 0 saturated carbocycles. The minimum absolute atomic E-state index is 0.0836. The van der Waals surface area contributed by atoms with Crippen molar-refractivity contribution >= 4 is 17.4 Å². The topological polar surface area (TPSA) is 79.3 Å². The van der Waals surface area contributed by atoms with E-state index in [-0.39, 0.29) is 11.3 Å². The number of likely N-dealkylation sites (tertiary alicyclic amines) is 1. The summed E-state index contributed by atoms with van der Waals surface area (Å²) in [5.41, 5.74) is 1.25. The maximum absolute atomic E-state index is 13.1. The van der Waals surface area contributed by atoms with Crippen molar-refractivity contribution in [1.82, 2.24) is 9.80 Å². The summed E-state index contributed by atoms with van der Waals surface area (Å²) in [5.74, 6) is -0.226. The van der Waals surface area contributed by atoms with Crippen LogP contribution in [0.4, 0.5) is 0 Å². The van der Waals surface area contributed by atoms with Gasteiger partial charge in [-0.1, -0.05) is 31.2 Å². The van der Waals surface area contributed by atoms with E-state index >= 15 is 0 Å². The van der Waals surface area contributed by atoms with Crippen LogP contribution in [-0.2, 0) is 9.59 Å². The second kappa shape index (κ2) is 11.0. The van der Waals surface area contributed by atoms with E-state index in [0.717, 1.165) is 24.3 Å². The van der Waals surface area contributed by atoms with Crippen LogP contribution in [0.5, 0.6) is 11.5 Å². The Kier molecular flexibility index (Phi) is 8.11. The predicted octanol–water partition coefficient (Wildman–Crippen LogP) is 3.86. The van der Waals surface area contributed by atoms with Crippen molar-refractivity contribution in [3.63, 3.8) is 0 Å². The second-order valence-corrected chi connectivity index (χ2v) is 8.30. The number of methoxy groups -OCH3 is 1. The van der Waals surface area contributed by atoms with Crippen molar-refractivity contribution in [2.75, 3.05) is 40.9 Å². The molecule has 1 amide bonds. The number of ether oxygens (including phenoxy) is 2. The molecule has 2 aromatic carbocycles. The van der Waals surface area contributed by atoms with Crippen LogP contribution >= 0.6 is 0 Å². The lowest BCUT2D eigenvalue weighted by Crippen LogP contribution is -2.32. The van der Waals surface area contributed by atoms with Crippen LogP contribution in [0.25, 0.3) is 5.76 Å². The van der Waals surface area contributed by atoms with E-state index in [1.54, 1.807) is 29.2 Å². The summed E-state index contributed by atoms with van der Waals surface area (Å²) >= 11 is 0. The molecule has 1 N–H and O–H groups in total. The first-order valence-corrected chi connectivity index (χ1v) is 11.2. The predicted molar refractivity (Wildman–Crippen MR) is 127 cm³/mol. The van der Waals surface area contributed by atoms with Gasteiger partial charge in [0.15, 0.2) is 0 Å². The molecule has 1 atom stereocenters. The third kappa shape index (κ3) is 5.54. The maximum Gasteiger partial charge on any atom is 0.295 e. The number of hydrogen-bond acceptors (Lipinski definition) is 6. The first kappa shape index (κ1) is 24.3. The van der Waals surface area contributed by atoms with Crippen LogP contribution in [-0.4, -0.2) is 67.5 Å². The van der Waals surface area contributed by atoms with Gasteiger partial charge in [0, 0.05) is 12.1 Å². The molecule has 1 saturated heterocycles. The van der Waals surface area contributed by atoms with E-state index in [1.165, 1.54) is 7.11 Å². The van der Waals surface area contributed by atoms with Gasteiger partial charge in [-0.25, -0.2) is 0 Å². The molecule has 1 fully saturated rings. The van der Waals surface area contributed by atoms with Crippen molar-refractivity contribution in [3.05, 3.63) is 65.2 Å². The molecule has 1 aliphatic rings. The van der Waals surface area contributed by atoms with E-state index in [9.17, 15) is 14.7 Å². The van der Waals surface area contributed by atoms with Crippen LogP contribution in [0.3, 0.4) is 0 Å². The van der Waals surface area contributed by atoms with Gasteiger partial charge in [0.2, 0.25) is 0 Å². The van der Waals surface area contributed by atoms with Gasteiger partial charge in [-0.2, -0.15) is 0 Å². The highest BCUT2D eigenvalue weighted by Crippen LogP contribution is 2.40. The number of benzene rings is 2. The molecule has 1 unspecified atom stereocenters. The Balaban J connectivity index is 2.05. The smallest absolute Gasteiger partial charge is 0.295 e. The van der Waals surface area contributed by atoms with Crippen molar-refractivity contribution in [3.8, 4) is 11.5 Å². The van der Waals surface area contributed by atoms with Gasteiger partial charge >= 0.3 is 0 Å². The number of carbonyl (C=O) groups is 2. The summed E-state index contributed by atoms with van der Waals surface area (Å²) in [6.45, 7) is 3.82. The molecule has 33 heavy (non-hydrogen) atoms. The highest BCUT2D eigenvalue weighted by molar-refractivity contribution is 6.46. The highest BCUT2D eigenvalue weighted by Gasteiger charge is 2.45. The molecule has 0 aliphatic carbocycles. The zero-order chi connectivity index (χ0) is 24.0. The third-order valence-electron chi connectivity index (χ3n) is 5.56. The Morgan fingerprint density at radius 3 is 2.45 bits per heavy atom. The standard InChI is InChI=1S/C26H32N2O5/c1-5-16-33-20-12-10-18(11-13-20)23-22(24(29)19-8-6-9-21(17-19)32-4)25(30)26(31)28(23)15-7-14-27(2)3/h6,8-13,17,23,29H,5,7,14-16H2,1-4H3/b24-22+. The molecule has 0 aromatic heterocycles. The number of aliphatic hydroxyl groups excluding tert-OH is 1. The third-order valence-corrected chi connectivity index (χ3v) is 5.56. The molecule has 0 spiro atoms. The Labute approximate surface area is 195 Å². The molecule has 1 heterocycles. The highest BCUT2D eigenvalue weighted by atomic mass is 16.5. The number of hydrogen-bond donors (Lipinski definition) is 1. The van der Waals surface area contributed by atoms with Gasteiger partial charge in [-0.05, 0) is 63.3 Å². The molecule has 0 bridgehead atoms. The molecule has 0 radical (unpaired) electrons. The van der Waals surface area contributed by atoms with Gasteiger partial charge in [0.1, 0.15) is 17.3 Å². The Morgan fingerprint density at radius 1 is 1.09 bits per heavy atom. The molecular formula is C26H32N2O5. The maximum atomic E-state index is 13.1. The van der Waals surface area contributed by atoms with E-state index in [0.29, 0.717) is 30.9 Å². The van der Waals surface area contributed by atoms with Crippen molar-refractivity contribution in [1.29, 1.82) is 0 Å². The SMILES string of the molecule is CCCOc1ccc(C2/C(=C(\O)c3cccc(OC)c3)C(=O)C(=O)N2CCCN(C)C)cc1. The van der Waals surface area contributed by atoms with E-state index in [4.69, 9.17) is 9.47 Å². The molecule has 3 rings (SSSR count). The number of ketones is 1. The van der Waals surface area contributed by atoms with E-state index < -0.39 is 17.7 Å². The Bertz CT molecular complexity index is 1010. The fourth-order valence-corrected chi connectivity index (χ4v) is 3.91. The minimum Gasteiger partial charge on any atom is -0.507 e.